The van der Waals surface area contributed by atoms with Crippen molar-refractivity contribution in [3.8, 4) is 0 Å². The van der Waals surface area contributed by atoms with Crippen molar-refractivity contribution in [2.24, 2.45) is 0 Å². The molecule has 7 heteroatoms. The number of carboxylic acids is 1. The zero-order valence-electron chi connectivity index (χ0n) is 11.3. The topological polar surface area (TPSA) is 99.1 Å². The fourth-order valence-corrected chi connectivity index (χ4v) is 2.00. The SMILES string of the molecule is CCN(CC1CCCO1)C(=O)N[C@H](C(=O)O)[C@@H](C)O. The van der Waals surface area contributed by atoms with Crippen molar-refractivity contribution in [3.63, 3.8) is 0 Å². The zero-order chi connectivity index (χ0) is 14.4. The maximum Gasteiger partial charge on any atom is 0.328 e. The molecular formula is C12H22N2O5. The van der Waals surface area contributed by atoms with Crippen LogP contribution in [-0.4, -0.2) is 65.1 Å². The first kappa shape index (κ1) is 15.7. The fraction of sp³-hybridized carbons (Fsp3) is 0.833. The van der Waals surface area contributed by atoms with Gasteiger partial charge in [-0.3, -0.25) is 0 Å². The van der Waals surface area contributed by atoms with E-state index in [1.165, 1.54) is 11.8 Å². The highest BCUT2D eigenvalue weighted by Gasteiger charge is 2.28. The van der Waals surface area contributed by atoms with Gasteiger partial charge in [0, 0.05) is 19.7 Å². The lowest BCUT2D eigenvalue weighted by Crippen LogP contribution is -2.53. The molecule has 3 atom stereocenters. The minimum Gasteiger partial charge on any atom is -0.480 e. The molecule has 7 nitrogen and oxygen atoms in total. The van der Waals surface area contributed by atoms with Crippen molar-refractivity contribution < 1.29 is 24.5 Å². The molecule has 0 saturated carbocycles. The molecule has 0 aliphatic carbocycles. The number of carbonyl (C=O) groups excluding carboxylic acids is 1. The van der Waals surface area contributed by atoms with E-state index < -0.39 is 24.1 Å². The van der Waals surface area contributed by atoms with Gasteiger partial charge in [0.05, 0.1) is 12.2 Å². The van der Waals surface area contributed by atoms with Crippen molar-refractivity contribution in [2.75, 3.05) is 19.7 Å². The number of rotatable bonds is 6. The molecule has 1 aliphatic heterocycles. The monoisotopic (exact) mass is 274 g/mol. The molecule has 1 rings (SSSR count). The van der Waals surface area contributed by atoms with Gasteiger partial charge < -0.3 is 25.2 Å². The summed E-state index contributed by atoms with van der Waals surface area (Å²) in [6, 6.07) is -1.79. The first-order valence-electron chi connectivity index (χ1n) is 6.53. The van der Waals surface area contributed by atoms with Crippen LogP contribution in [0.15, 0.2) is 0 Å². The molecule has 0 bridgehead atoms. The van der Waals surface area contributed by atoms with E-state index in [0.717, 1.165) is 12.8 Å². The second-order valence-corrected chi connectivity index (χ2v) is 4.68. The van der Waals surface area contributed by atoms with Gasteiger partial charge >= 0.3 is 12.0 Å². The Morgan fingerprint density at radius 1 is 1.53 bits per heavy atom. The first-order chi connectivity index (χ1) is 8.95. The van der Waals surface area contributed by atoms with Crippen LogP contribution < -0.4 is 5.32 Å². The Balaban J connectivity index is 2.54. The highest BCUT2D eigenvalue weighted by atomic mass is 16.5. The van der Waals surface area contributed by atoms with Crippen molar-refractivity contribution in [1.29, 1.82) is 0 Å². The summed E-state index contributed by atoms with van der Waals surface area (Å²) in [7, 11) is 0. The number of aliphatic carboxylic acids is 1. The van der Waals surface area contributed by atoms with Gasteiger partial charge in [0.15, 0.2) is 6.04 Å². The van der Waals surface area contributed by atoms with Crippen LogP contribution in [0.2, 0.25) is 0 Å². The molecule has 0 radical (unpaired) electrons. The van der Waals surface area contributed by atoms with E-state index in [9.17, 15) is 14.7 Å². The third-order valence-electron chi connectivity index (χ3n) is 3.14. The number of aliphatic hydroxyl groups excluding tert-OH is 1. The van der Waals surface area contributed by atoms with Crippen LogP contribution in [0.1, 0.15) is 26.7 Å². The first-order valence-corrected chi connectivity index (χ1v) is 6.53. The summed E-state index contributed by atoms with van der Waals surface area (Å²) in [6.45, 7) is 4.74. The molecule has 110 valence electrons. The largest absolute Gasteiger partial charge is 0.480 e. The predicted molar refractivity (Wildman–Crippen MR) is 67.9 cm³/mol. The highest BCUT2D eigenvalue weighted by molar-refractivity contribution is 5.83. The Morgan fingerprint density at radius 3 is 2.63 bits per heavy atom. The van der Waals surface area contributed by atoms with Crippen LogP contribution in [0.3, 0.4) is 0 Å². The van der Waals surface area contributed by atoms with Crippen LogP contribution in [0, 0.1) is 0 Å². The van der Waals surface area contributed by atoms with Gasteiger partial charge in [-0.25, -0.2) is 9.59 Å². The Hall–Kier alpha value is -1.34. The summed E-state index contributed by atoms with van der Waals surface area (Å²) in [6.07, 6.45) is 0.751. The average molecular weight is 274 g/mol. The number of hydrogen-bond donors (Lipinski definition) is 3. The summed E-state index contributed by atoms with van der Waals surface area (Å²) < 4.78 is 5.45. The molecule has 0 aromatic carbocycles. The summed E-state index contributed by atoms with van der Waals surface area (Å²) in [5.74, 6) is -1.25. The van der Waals surface area contributed by atoms with Crippen molar-refractivity contribution >= 4 is 12.0 Å². The van der Waals surface area contributed by atoms with Gasteiger partial charge in [-0.15, -0.1) is 0 Å². The van der Waals surface area contributed by atoms with E-state index in [1.54, 1.807) is 0 Å². The number of nitrogens with zero attached hydrogens (tertiary/aromatic N) is 1. The maximum atomic E-state index is 12.0. The number of hydrogen-bond acceptors (Lipinski definition) is 4. The van der Waals surface area contributed by atoms with E-state index in [-0.39, 0.29) is 6.10 Å². The van der Waals surface area contributed by atoms with E-state index in [4.69, 9.17) is 9.84 Å². The molecule has 1 aliphatic rings. The van der Waals surface area contributed by atoms with Crippen LogP contribution in [0.4, 0.5) is 4.79 Å². The predicted octanol–water partition coefficient (Wildman–Crippen LogP) is 0.0309. The minimum atomic E-state index is -1.30. The Morgan fingerprint density at radius 2 is 2.21 bits per heavy atom. The number of carbonyl (C=O) groups is 2. The molecule has 0 aromatic rings. The van der Waals surface area contributed by atoms with Gasteiger partial charge in [0.25, 0.3) is 0 Å². The summed E-state index contributed by atoms with van der Waals surface area (Å²) in [5.41, 5.74) is 0. The van der Waals surface area contributed by atoms with Gasteiger partial charge in [-0.1, -0.05) is 0 Å². The molecule has 1 fully saturated rings. The number of carboxylic acid groups (broad SMARTS) is 1. The Kier molecular flexibility index (Phi) is 6.04. The van der Waals surface area contributed by atoms with Crippen molar-refractivity contribution in [3.05, 3.63) is 0 Å². The van der Waals surface area contributed by atoms with Gasteiger partial charge in [0.1, 0.15) is 0 Å². The van der Waals surface area contributed by atoms with Crippen molar-refractivity contribution in [1.82, 2.24) is 10.2 Å². The Labute approximate surface area is 112 Å². The van der Waals surface area contributed by atoms with Crippen LogP contribution in [0.5, 0.6) is 0 Å². The molecule has 0 aromatic heterocycles. The molecule has 19 heavy (non-hydrogen) atoms. The third kappa shape index (κ3) is 4.68. The normalized spacial score (nSPS) is 21.7. The average Bonchev–Trinajstić information content (AvgIpc) is 2.84. The Bertz CT molecular complexity index is 315. The maximum absolute atomic E-state index is 12.0. The number of urea groups is 1. The number of amides is 2. The van der Waals surface area contributed by atoms with E-state index in [0.29, 0.717) is 19.7 Å². The third-order valence-corrected chi connectivity index (χ3v) is 3.14. The van der Waals surface area contributed by atoms with E-state index >= 15 is 0 Å². The second-order valence-electron chi connectivity index (χ2n) is 4.68. The molecule has 2 amide bonds. The molecule has 1 unspecified atom stereocenters. The van der Waals surface area contributed by atoms with Gasteiger partial charge in [0.2, 0.25) is 0 Å². The quantitative estimate of drug-likeness (QED) is 0.634. The van der Waals surface area contributed by atoms with Gasteiger partial charge in [-0.2, -0.15) is 0 Å². The van der Waals surface area contributed by atoms with E-state index in [1.807, 2.05) is 6.92 Å². The lowest BCUT2D eigenvalue weighted by atomic mass is 10.2. The van der Waals surface area contributed by atoms with Crippen LogP contribution >= 0.6 is 0 Å². The van der Waals surface area contributed by atoms with Crippen LogP contribution in [0.25, 0.3) is 0 Å². The molecule has 1 saturated heterocycles. The van der Waals surface area contributed by atoms with E-state index in [2.05, 4.69) is 5.32 Å². The molecule has 1 heterocycles. The lowest BCUT2D eigenvalue weighted by molar-refractivity contribution is -0.141. The number of nitrogens with one attached hydrogen (secondary N) is 1. The molecule has 0 spiro atoms. The lowest BCUT2D eigenvalue weighted by Gasteiger charge is -2.26. The number of aliphatic hydroxyl groups is 1. The molecular weight excluding hydrogens is 252 g/mol. The second kappa shape index (κ2) is 7.30. The molecule has 3 N–H and O–H groups in total. The minimum absolute atomic E-state index is 0.0144. The highest BCUT2D eigenvalue weighted by Crippen LogP contribution is 2.13. The summed E-state index contributed by atoms with van der Waals surface area (Å²) >= 11 is 0. The van der Waals surface area contributed by atoms with Crippen molar-refractivity contribution in [2.45, 2.75) is 44.9 Å². The summed E-state index contributed by atoms with van der Waals surface area (Å²) in [4.78, 5) is 24.4. The smallest absolute Gasteiger partial charge is 0.328 e. The fourth-order valence-electron chi connectivity index (χ4n) is 2.00. The van der Waals surface area contributed by atoms with Crippen LogP contribution in [-0.2, 0) is 9.53 Å². The number of ether oxygens (including phenoxy) is 1. The zero-order valence-corrected chi connectivity index (χ0v) is 11.3. The number of likely N-dealkylation sites (N-methyl/N-ethyl adjacent to an activating group) is 1. The van der Waals surface area contributed by atoms with Gasteiger partial charge in [-0.05, 0) is 26.7 Å². The standard InChI is InChI=1S/C12H22N2O5/c1-3-14(7-9-5-4-6-19-9)12(18)13-10(8(2)15)11(16)17/h8-10,15H,3-7H2,1-2H3,(H,13,18)(H,16,17)/t8-,9?,10+/m1/s1. The summed E-state index contributed by atoms with van der Waals surface area (Å²) in [5, 5.41) is 20.6.